The molecular weight excluding hydrogens is 366 g/mol. The zero-order valence-corrected chi connectivity index (χ0v) is 17.4. The van der Waals surface area contributed by atoms with Gasteiger partial charge >= 0.3 is 0 Å². The average molecular weight is 398 g/mol. The van der Waals surface area contributed by atoms with Crippen molar-refractivity contribution in [3.63, 3.8) is 0 Å². The molecule has 1 N–H and O–H groups in total. The van der Waals surface area contributed by atoms with Crippen LogP contribution in [-0.2, 0) is 11.2 Å². The van der Waals surface area contributed by atoms with Crippen molar-refractivity contribution in [1.82, 2.24) is 20.2 Å². The lowest BCUT2D eigenvalue weighted by Crippen LogP contribution is -2.50. The van der Waals surface area contributed by atoms with Crippen molar-refractivity contribution in [1.29, 1.82) is 0 Å². The summed E-state index contributed by atoms with van der Waals surface area (Å²) < 4.78 is 5.53. The molecule has 7 heteroatoms. The van der Waals surface area contributed by atoms with Crippen LogP contribution in [0.1, 0.15) is 24.6 Å². The van der Waals surface area contributed by atoms with Crippen LogP contribution in [0, 0.1) is 6.92 Å². The van der Waals surface area contributed by atoms with Crippen LogP contribution in [-0.4, -0.2) is 66.7 Å². The van der Waals surface area contributed by atoms with Gasteiger partial charge in [0.1, 0.15) is 0 Å². The summed E-state index contributed by atoms with van der Waals surface area (Å²) in [5, 5.41) is 3.04. The minimum absolute atomic E-state index is 0.0944. The molecule has 2 heterocycles. The molecule has 1 aromatic carbocycles. The maximum atomic E-state index is 12.2. The number of carbonyl (C=O) groups excluding carboxylic acids is 1. The average Bonchev–Trinajstić information content (AvgIpc) is 2.72. The number of benzene rings is 1. The van der Waals surface area contributed by atoms with Crippen molar-refractivity contribution in [3.05, 3.63) is 47.7 Å². The van der Waals surface area contributed by atoms with Crippen LogP contribution < -0.4 is 15.0 Å². The minimum Gasteiger partial charge on any atom is -0.478 e. The first kappa shape index (κ1) is 21.0. The van der Waals surface area contributed by atoms with E-state index >= 15 is 0 Å². The van der Waals surface area contributed by atoms with Crippen LogP contribution >= 0.6 is 0 Å². The van der Waals surface area contributed by atoms with Crippen molar-refractivity contribution >= 4 is 11.9 Å². The Morgan fingerprint density at radius 2 is 1.90 bits per heavy atom. The molecule has 0 atom stereocenters. The maximum absolute atomic E-state index is 12.2. The standard InChI is InChI=1S/C22H31N5O2/c1-3-29-21-16-18(2)24-22(25-21)27-14-12-26(13-15-27)17-20(28)23-11-7-10-19-8-5-4-6-9-19/h4-6,8-9,16H,3,7,10-15,17H2,1-2H3,(H,23,28). The Bertz CT molecular complexity index is 776. The molecule has 0 spiro atoms. The zero-order valence-electron chi connectivity index (χ0n) is 17.4. The van der Waals surface area contributed by atoms with Gasteiger partial charge in [-0.15, -0.1) is 0 Å². The van der Waals surface area contributed by atoms with E-state index in [1.54, 1.807) is 0 Å². The minimum atomic E-state index is 0.0944. The number of carbonyl (C=O) groups is 1. The van der Waals surface area contributed by atoms with E-state index in [1.807, 2.05) is 38.1 Å². The molecule has 2 aromatic rings. The molecule has 1 fully saturated rings. The van der Waals surface area contributed by atoms with E-state index < -0.39 is 0 Å². The summed E-state index contributed by atoms with van der Waals surface area (Å²) in [4.78, 5) is 25.6. The van der Waals surface area contributed by atoms with Crippen molar-refractivity contribution in [2.24, 2.45) is 0 Å². The normalized spacial score (nSPS) is 14.6. The molecule has 0 saturated carbocycles. The molecule has 7 nitrogen and oxygen atoms in total. The Morgan fingerprint density at radius 3 is 2.62 bits per heavy atom. The summed E-state index contributed by atoms with van der Waals surface area (Å²) in [5.41, 5.74) is 2.21. The van der Waals surface area contributed by atoms with Gasteiger partial charge in [-0.05, 0) is 32.3 Å². The monoisotopic (exact) mass is 397 g/mol. The summed E-state index contributed by atoms with van der Waals surface area (Å²) in [6.07, 6.45) is 1.94. The number of nitrogens with one attached hydrogen (secondary N) is 1. The fraction of sp³-hybridized carbons (Fsp3) is 0.500. The first-order chi connectivity index (χ1) is 14.1. The second-order valence-corrected chi connectivity index (χ2v) is 7.28. The summed E-state index contributed by atoms with van der Waals surface area (Å²) in [6, 6.07) is 12.2. The number of nitrogens with zero attached hydrogens (tertiary/aromatic N) is 4. The second kappa shape index (κ2) is 10.8. The van der Waals surface area contributed by atoms with Gasteiger partial charge in [-0.25, -0.2) is 4.98 Å². The SMILES string of the molecule is CCOc1cc(C)nc(N2CCN(CC(=O)NCCCc3ccccc3)CC2)n1. The van der Waals surface area contributed by atoms with Gasteiger partial charge in [-0.1, -0.05) is 30.3 Å². The number of amides is 1. The smallest absolute Gasteiger partial charge is 0.234 e. The second-order valence-electron chi connectivity index (χ2n) is 7.28. The molecule has 1 aromatic heterocycles. The Balaban J connectivity index is 1.37. The van der Waals surface area contributed by atoms with Crippen LogP contribution in [0.2, 0.25) is 0 Å². The molecule has 3 rings (SSSR count). The molecule has 0 aliphatic carbocycles. The van der Waals surface area contributed by atoms with Crippen molar-refractivity contribution < 1.29 is 9.53 Å². The predicted octanol–water partition coefficient (Wildman–Crippen LogP) is 2.05. The van der Waals surface area contributed by atoms with E-state index in [1.165, 1.54) is 5.56 Å². The third-order valence-corrected chi connectivity index (χ3v) is 4.94. The highest BCUT2D eigenvalue weighted by Gasteiger charge is 2.21. The Labute approximate surface area is 173 Å². The Hall–Kier alpha value is -2.67. The van der Waals surface area contributed by atoms with Gasteiger partial charge in [-0.2, -0.15) is 4.98 Å². The van der Waals surface area contributed by atoms with E-state index in [-0.39, 0.29) is 5.91 Å². The van der Waals surface area contributed by atoms with Gasteiger partial charge in [0.15, 0.2) is 0 Å². The van der Waals surface area contributed by atoms with Crippen molar-refractivity contribution in [2.45, 2.75) is 26.7 Å². The first-order valence-electron chi connectivity index (χ1n) is 10.4. The molecular formula is C22H31N5O2. The van der Waals surface area contributed by atoms with E-state index in [0.717, 1.165) is 44.7 Å². The Kier molecular flexibility index (Phi) is 7.81. The summed E-state index contributed by atoms with van der Waals surface area (Å²) in [7, 11) is 0. The van der Waals surface area contributed by atoms with Crippen molar-refractivity contribution in [3.8, 4) is 5.88 Å². The number of hydrogen-bond acceptors (Lipinski definition) is 6. The predicted molar refractivity (Wildman–Crippen MR) is 114 cm³/mol. The van der Waals surface area contributed by atoms with Crippen LogP contribution in [0.15, 0.2) is 36.4 Å². The van der Waals surface area contributed by atoms with Crippen LogP contribution in [0.3, 0.4) is 0 Å². The number of aryl methyl sites for hydroxylation is 2. The number of hydrogen-bond donors (Lipinski definition) is 1. The third-order valence-electron chi connectivity index (χ3n) is 4.94. The van der Waals surface area contributed by atoms with Gasteiger partial charge in [0, 0.05) is 44.5 Å². The van der Waals surface area contributed by atoms with Gasteiger partial charge in [0.25, 0.3) is 0 Å². The molecule has 0 bridgehead atoms. The van der Waals surface area contributed by atoms with E-state index in [4.69, 9.17) is 4.74 Å². The highest BCUT2D eigenvalue weighted by Crippen LogP contribution is 2.17. The molecule has 29 heavy (non-hydrogen) atoms. The molecule has 1 amide bonds. The fourth-order valence-electron chi connectivity index (χ4n) is 3.42. The maximum Gasteiger partial charge on any atom is 0.234 e. The molecule has 0 radical (unpaired) electrons. The largest absolute Gasteiger partial charge is 0.478 e. The highest BCUT2D eigenvalue weighted by atomic mass is 16.5. The summed E-state index contributed by atoms with van der Waals surface area (Å²) in [5.74, 6) is 1.42. The highest BCUT2D eigenvalue weighted by molar-refractivity contribution is 5.78. The van der Waals surface area contributed by atoms with Crippen LogP contribution in [0.25, 0.3) is 0 Å². The lowest BCUT2D eigenvalue weighted by Gasteiger charge is -2.34. The lowest BCUT2D eigenvalue weighted by atomic mass is 10.1. The molecule has 0 unspecified atom stereocenters. The molecule has 156 valence electrons. The number of anilines is 1. The quantitative estimate of drug-likeness (QED) is 0.653. The van der Waals surface area contributed by atoms with Crippen LogP contribution in [0.5, 0.6) is 5.88 Å². The number of ether oxygens (including phenoxy) is 1. The zero-order chi connectivity index (χ0) is 20.5. The number of piperazine rings is 1. The molecule has 1 aliphatic rings. The first-order valence-corrected chi connectivity index (χ1v) is 10.4. The Morgan fingerprint density at radius 1 is 1.14 bits per heavy atom. The van der Waals surface area contributed by atoms with Gasteiger partial charge in [-0.3, -0.25) is 9.69 Å². The van der Waals surface area contributed by atoms with Crippen molar-refractivity contribution in [2.75, 3.05) is 50.8 Å². The van der Waals surface area contributed by atoms with E-state index in [2.05, 4.69) is 37.2 Å². The summed E-state index contributed by atoms with van der Waals surface area (Å²) in [6.45, 7) is 8.88. The van der Waals surface area contributed by atoms with Gasteiger partial charge < -0.3 is 15.0 Å². The topological polar surface area (TPSA) is 70.6 Å². The third kappa shape index (κ3) is 6.71. The lowest BCUT2D eigenvalue weighted by molar-refractivity contribution is -0.122. The summed E-state index contributed by atoms with van der Waals surface area (Å²) >= 11 is 0. The van der Waals surface area contributed by atoms with Crippen LogP contribution in [0.4, 0.5) is 5.95 Å². The van der Waals surface area contributed by atoms with E-state index in [0.29, 0.717) is 31.5 Å². The fourth-order valence-corrected chi connectivity index (χ4v) is 3.42. The van der Waals surface area contributed by atoms with Gasteiger partial charge in [0.2, 0.25) is 17.7 Å². The number of rotatable bonds is 9. The molecule has 1 saturated heterocycles. The van der Waals surface area contributed by atoms with Gasteiger partial charge in [0.05, 0.1) is 13.2 Å². The number of aromatic nitrogens is 2. The molecule has 1 aliphatic heterocycles. The van der Waals surface area contributed by atoms with E-state index in [9.17, 15) is 4.79 Å².